The predicted octanol–water partition coefficient (Wildman–Crippen LogP) is 0.977. The molecule has 1 aliphatic rings. The Balaban J connectivity index is 2.00. The van der Waals surface area contributed by atoms with Crippen LogP contribution < -0.4 is 15.5 Å². The number of nitrogens with zero attached hydrogens (tertiary/aromatic N) is 2. The fraction of sp³-hybridized carbons (Fsp3) is 0.429. The maximum absolute atomic E-state index is 12.0. The quantitative estimate of drug-likeness (QED) is 0.629. The van der Waals surface area contributed by atoms with Gasteiger partial charge in [-0.1, -0.05) is 18.2 Å². The van der Waals surface area contributed by atoms with E-state index in [1.54, 1.807) is 7.05 Å². The Bertz CT molecular complexity index is 458. The Hall–Kier alpha value is -2.04. The molecule has 0 aliphatic carbocycles. The summed E-state index contributed by atoms with van der Waals surface area (Å²) in [5.74, 6) is 0.894. The Morgan fingerprint density at radius 2 is 2.16 bits per heavy atom. The van der Waals surface area contributed by atoms with Crippen LogP contribution in [0.1, 0.15) is 13.3 Å². The van der Waals surface area contributed by atoms with Gasteiger partial charge in [-0.15, -0.1) is 0 Å². The van der Waals surface area contributed by atoms with E-state index in [1.807, 2.05) is 42.2 Å². The van der Waals surface area contributed by atoms with Crippen LogP contribution in [0.4, 0.5) is 5.69 Å². The van der Waals surface area contributed by atoms with Gasteiger partial charge >= 0.3 is 0 Å². The van der Waals surface area contributed by atoms with Gasteiger partial charge < -0.3 is 15.5 Å². The fourth-order valence-corrected chi connectivity index (χ4v) is 2.22. The zero-order valence-electron chi connectivity index (χ0n) is 11.4. The highest BCUT2D eigenvalue weighted by molar-refractivity contribution is 5.96. The molecule has 1 amide bonds. The lowest BCUT2D eigenvalue weighted by molar-refractivity contribution is -0.117. The number of rotatable bonds is 3. The number of benzene rings is 1. The fourth-order valence-electron chi connectivity index (χ4n) is 2.22. The molecular weight excluding hydrogens is 240 g/mol. The van der Waals surface area contributed by atoms with Gasteiger partial charge in [-0.05, 0) is 19.1 Å². The summed E-state index contributed by atoms with van der Waals surface area (Å²) in [6, 6.07) is 9.86. The van der Waals surface area contributed by atoms with Gasteiger partial charge in [0, 0.05) is 32.2 Å². The van der Waals surface area contributed by atoms with Gasteiger partial charge in [-0.2, -0.15) is 0 Å². The number of aliphatic imine (C=N–C) groups is 1. The number of guanidine groups is 1. The van der Waals surface area contributed by atoms with Crippen LogP contribution in [-0.4, -0.2) is 38.0 Å². The molecule has 1 unspecified atom stereocenters. The summed E-state index contributed by atoms with van der Waals surface area (Å²) in [7, 11) is 1.73. The highest BCUT2D eigenvalue weighted by atomic mass is 16.2. The monoisotopic (exact) mass is 260 g/mol. The molecule has 2 N–H and O–H groups in total. The minimum Gasteiger partial charge on any atom is -0.357 e. The predicted molar refractivity (Wildman–Crippen MR) is 77.4 cm³/mol. The van der Waals surface area contributed by atoms with Crippen molar-refractivity contribution in [3.8, 4) is 0 Å². The first-order chi connectivity index (χ1) is 9.24. The van der Waals surface area contributed by atoms with Crippen molar-refractivity contribution in [2.24, 2.45) is 4.99 Å². The second-order valence-corrected chi connectivity index (χ2v) is 4.49. The Kier molecular flexibility index (Phi) is 4.39. The molecule has 1 atom stereocenters. The van der Waals surface area contributed by atoms with Crippen LogP contribution in [0.3, 0.4) is 0 Å². The second kappa shape index (κ2) is 6.22. The van der Waals surface area contributed by atoms with Crippen molar-refractivity contribution in [2.75, 3.05) is 25.0 Å². The van der Waals surface area contributed by atoms with Gasteiger partial charge in [-0.3, -0.25) is 9.79 Å². The van der Waals surface area contributed by atoms with Crippen LogP contribution in [0.2, 0.25) is 0 Å². The summed E-state index contributed by atoms with van der Waals surface area (Å²) in [5, 5.41) is 6.41. The van der Waals surface area contributed by atoms with Crippen LogP contribution in [0.5, 0.6) is 0 Å². The third-order valence-corrected chi connectivity index (χ3v) is 3.10. The molecule has 0 bridgehead atoms. The van der Waals surface area contributed by atoms with Gasteiger partial charge in [0.05, 0.1) is 6.04 Å². The van der Waals surface area contributed by atoms with E-state index >= 15 is 0 Å². The van der Waals surface area contributed by atoms with E-state index in [4.69, 9.17) is 0 Å². The molecule has 2 rings (SSSR count). The maximum atomic E-state index is 12.0. The van der Waals surface area contributed by atoms with Crippen molar-refractivity contribution in [1.29, 1.82) is 0 Å². The molecule has 19 heavy (non-hydrogen) atoms. The molecule has 1 aliphatic heterocycles. The number of carbonyl (C=O) groups excluding carboxylic acids is 1. The molecule has 1 aromatic rings. The third kappa shape index (κ3) is 3.24. The topological polar surface area (TPSA) is 56.7 Å². The second-order valence-electron chi connectivity index (χ2n) is 4.49. The summed E-state index contributed by atoms with van der Waals surface area (Å²) in [6.45, 7) is 3.50. The van der Waals surface area contributed by atoms with Gasteiger partial charge in [-0.25, -0.2) is 0 Å². The molecule has 0 aromatic heterocycles. The lowest BCUT2D eigenvalue weighted by Gasteiger charge is -2.18. The molecule has 1 aromatic carbocycles. The van der Waals surface area contributed by atoms with Crippen LogP contribution in [0, 0.1) is 0 Å². The average Bonchev–Trinajstić information content (AvgIpc) is 2.80. The summed E-state index contributed by atoms with van der Waals surface area (Å²) in [5.41, 5.74) is 0.954. The molecule has 1 heterocycles. The van der Waals surface area contributed by atoms with Gasteiger partial charge in [0.15, 0.2) is 5.96 Å². The number of hydrogen-bond donors (Lipinski definition) is 2. The molecule has 0 spiro atoms. The molecule has 102 valence electrons. The van der Waals surface area contributed by atoms with E-state index in [1.165, 1.54) is 0 Å². The number of hydrogen-bond acceptors (Lipinski definition) is 2. The summed E-state index contributed by atoms with van der Waals surface area (Å²) in [4.78, 5) is 18.0. The number of nitrogens with one attached hydrogen (secondary N) is 2. The molecule has 1 saturated heterocycles. The SMILES string of the molecule is CCNC(=NC)NC1CC(=O)N(c2ccccc2)C1. The van der Waals surface area contributed by atoms with Gasteiger partial charge in [0.1, 0.15) is 0 Å². The lowest BCUT2D eigenvalue weighted by Crippen LogP contribution is -2.44. The lowest BCUT2D eigenvalue weighted by atomic mass is 10.2. The van der Waals surface area contributed by atoms with E-state index in [0.29, 0.717) is 13.0 Å². The number of carbonyl (C=O) groups is 1. The van der Waals surface area contributed by atoms with Crippen molar-refractivity contribution in [3.63, 3.8) is 0 Å². The molecule has 1 fully saturated rings. The first-order valence-electron chi connectivity index (χ1n) is 6.57. The van der Waals surface area contributed by atoms with E-state index in [9.17, 15) is 4.79 Å². The summed E-state index contributed by atoms with van der Waals surface area (Å²) >= 11 is 0. The first-order valence-corrected chi connectivity index (χ1v) is 6.57. The zero-order valence-corrected chi connectivity index (χ0v) is 11.4. The Morgan fingerprint density at radius 1 is 1.42 bits per heavy atom. The normalized spacial score (nSPS) is 19.7. The molecular formula is C14H20N4O. The van der Waals surface area contributed by atoms with E-state index < -0.39 is 0 Å². The first kappa shape index (κ1) is 13.4. The minimum atomic E-state index is 0.102. The van der Waals surface area contributed by atoms with Crippen LogP contribution >= 0.6 is 0 Å². The van der Waals surface area contributed by atoms with Crippen molar-refractivity contribution >= 4 is 17.6 Å². The highest BCUT2D eigenvalue weighted by Gasteiger charge is 2.30. The smallest absolute Gasteiger partial charge is 0.229 e. The van der Waals surface area contributed by atoms with Crippen LogP contribution in [0.25, 0.3) is 0 Å². The number of anilines is 1. The zero-order chi connectivity index (χ0) is 13.7. The number of amides is 1. The maximum Gasteiger partial charge on any atom is 0.229 e. The van der Waals surface area contributed by atoms with Crippen molar-refractivity contribution in [2.45, 2.75) is 19.4 Å². The third-order valence-electron chi connectivity index (χ3n) is 3.10. The van der Waals surface area contributed by atoms with Crippen LogP contribution in [-0.2, 0) is 4.79 Å². The standard InChI is InChI=1S/C14H20N4O/c1-3-16-14(15-2)17-11-9-13(19)18(10-11)12-7-5-4-6-8-12/h4-8,11H,3,9-10H2,1-2H3,(H2,15,16,17). The van der Waals surface area contributed by atoms with E-state index in [0.717, 1.165) is 18.2 Å². The number of para-hydroxylation sites is 1. The Morgan fingerprint density at radius 3 is 2.79 bits per heavy atom. The average molecular weight is 260 g/mol. The molecule has 0 saturated carbocycles. The molecule has 5 heteroatoms. The minimum absolute atomic E-state index is 0.102. The van der Waals surface area contributed by atoms with Crippen molar-refractivity contribution < 1.29 is 4.79 Å². The van der Waals surface area contributed by atoms with Crippen molar-refractivity contribution in [3.05, 3.63) is 30.3 Å². The van der Waals surface area contributed by atoms with Crippen molar-refractivity contribution in [1.82, 2.24) is 10.6 Å². The van der Waals surface area contributed by atoms with E-state index in [-0.39, 0.29) is 11.9 Å². The molecule has 0 radical (unpaired) electrons. The summed E-state index contributed by atoms with van der Waals surface area (Å²) in [6.07, 6.45) is 0.499. The highest BCUT2D eigenvalue weighted by Crippen LogP contribution is 2.20. The summed E-state index contributed by atoms with van der Waals surface area (Å²) < 4.78 is 0. The van der Waals surface area contributed by atoms with Crippen LogP contribution in [0.15, 0.2) is 35.3 Å². The largest absolute Gasteiger partial charge is 0.357 e. The van der Waals surface area contributed by atoms with Gasteiger partial charge in [0.25, 0.3) is 0 Å². The van der Waals surface area contributed by atoms with Gasteiger partial charge in [0.2, 0.25) is 5.91 Å². The Labute approximate surface area is 113 Å². The molecule has 5 nitrogen and oxygen atoms in total. The van der Waals surface area contributed by atoms with E-state index in [2.05, 4.69) is 15.6 Å².